The molecular formula is C9H18N2O5. The molecule has 0 aliphatic carbocycles. The van der Waals surface area contributed by atoms with Crippen LogP contribution in [-0.4, -0.2) is 59.5 Å². The summed E-state index contributed by atoms with van der Waals surface area (Å²) in [6.07, 6.45) is 0.176. The second kappa shape index (κ2) is 8.03. The lowest BCUT2D eigenvalue weighted by molar-refractivity contribution is -0.139. The second-order valence-corrected chi connectivity index (χ2v) is 3.35. The molecular weight excluding hydrogens is 216 g/mol. The molecule has 0 saturated carbocycles. The Hall–Kier alpha value is -1.18. The van der Waals surface area contributed by atoms with Gasteiger partial charge in [0.05, 0.1) is 19.3 Å². The van der Waals surface area contributed by atoms with E-state index in [1.807, 2.05) is 0 Å². The van der Waals surface area contributed by atoms with E-state index in [0.717, 1.165) is 0 Å². The maximum Gasteiger partial charge on any atom is 0.320 e. The minimum atomic E-state index is -1.02. The molecule has 7 nitrogen and oxygen atoms in total. The monoisotopic (exact) mass is 234 g/mol. The molecule has 16 heavy (non-hydrogen) atoms. The first-order valence-electron chi connectivity index (χ1n) is 4.96. The third-order valence-electron chi connectivity index (χ3n) is 2.11. The number of rotatable bonds is 8. The molecule has 94 valence electrons. The van der Waals surface area contributed by atoms with E-state index in [-0.39, 0.29) is 26.1 Å². The molecule has 0 rings (SSSR count). The fraction of sp³-hybridized carbons (Fsp3) is 0.778. The molecule has 0 aliphatic heterocycles. The molecule has 0 bridgehead atoms. The van der Waals surface area contributed by atoms with Gasteiger partial charge in [-0.3, -0.25) is 9.59 Å². The number of aliphatic hydroxyl groups excluding tert-OH is 2. The Morgan fingerprint density at radius 1 is 1.25 bits per heavy atom. The Bertz CT molecular complexity index is 230. The number of hydrogen-bond donors (Lipinski definition) is 5. The fourth-order valence-electron chi connectivity index (χ4n) is 1.12. The molecule has 0 saturated heterocycles. The van der Waals surface area contributed by atoms with Crippen LogP contribution in [0.4, 0.5) is 0 Å². The molecule has 0 aromatic carbocycles. The fourth-order valence-corrected chi connectivity index (χ4v) is 1.12. The number of aliphatic hydroxyl groups is 2. The number of carbonyl (C=O) groups is 2. The molecule has 0 heterocycles. The molecule has 7 heteroatoms. The summed E-state index contributed by atoms with van der Waals surface area (Å²) in [5.41, 5.74) is 0. The van der Waals surface area contributed by atoms with Gasteiger partial charge in [-0.25, -0.2) is 0 Å². The van der Waals surface area contributed by atoms with Crippen LogP contribution in [0.15, 0.2) is 0 Å². The lowest BCUT2D eigenvalue weighted by Gasteiger charge is -2.14. The zero-order chi connectivity index (χ0) is 12.6. The summed E-state index contributed by atoms with van der Waals surface area (Å²) < 4.78 is 0. The number of aliphatic carboxylic acids is 1. The molecule has 0 aromatic heterocycles. The van der Waals surface area contributed by atoms with E-state index in [1.165, 1.54) is 7.05 Å². The number of amides is 1. The van der Waals surface area contributed by atoms with Crippen molar-refractivity contribution < 1.29 is 24.9 Å². The Balaban J connectivity index is 3.92. The van der Waals surface area contributed by atoms with Crippen molar-refractivity contribution in [1.29, 1.82) is 0 Å². The molecule has 1 unspecified atom stereocenters. The van der Waals surface area contributed by atoms with Crippen LogP contribution in [0, 0.1) is 0 Å². The number of carboxylic acids is 1. The first-order chi connectivity index (χ1) is 7.54. The average Bonchev–Trinajstić information content (AvgIpc) is 2.26. The highest BCUT2D eigenvalue weighted by Gasteiger charge is 2.17. The minimum absolute atomic E-state index is 0.0221. The molecule has 0 fully saturated rings. The highest BCUT2D eigenvalue weighted by Crippen LogP contribution is 1.97. The van der Waals surface area contributed by atoms with Crippen LogP contribution in [0.25, 0.3) is 0 Å². The first-order valence-corrected chi connectivity index (χ1v) is 4.96. The Morgan fingerprint density at radius 2 is 1.81 bits per heavy atom. The topological polar surface area (TPSA) is 119 Å². The number of carboxylic acid groups (broad SMARTS) is 1. The molecule has 0 radical (unpaired) electrons. The van der Waals surface area contributed by atoms with Crippen molar-refractivity contribution in [3.63, 3.8) is 0 Å². The zero-order valence-electron chi connectivity index (χ0n) is 9.14. The number of nitrogens with one attached hydrogen (secondary N) is 2. The van der Waals surface area contributed by atoms with Crippen molar-refractivity contribution in [2.75, 3.05) is 20.3 Å². The van der Waals surface area contributed by atoms with E-state index in [2.05, 4.69) is 10.6 Å². The van der Waals surface area contributed by atoms with E-state index in [0.29, 0.717) is 0 Å². The average molecular weight is 234 g/mol. The van der Waals surface area contributed by atoms with Crippen molar-refractivity contribution in [3.8, 4) is 0 Å². The van der Waals surface area contributed by atoms with Crippen molar-refractivity contribution in [2.24, 2.45) is 0 Å². The summed E-state index contributed by atoms with van der Waals surface area (Å²) in [6.45, 7) is -0.701. The van der Waals surface area contributed by atoms with Crippen LogP contribution >= 0.6 is 0 Å². The van der Waals surface area contributed by atoms with Gasteiger partial charge in [0, 0.05) is 6.42 Å². The minimum Gasteiger partial charge on any atom is -0.480 e. The van der Waals surface area contributed by atoms with Gasteiger partial charge < -0.3 is 26.0 Å². The molecule has 0 aliphatic rings. The Labute approximate surface area is 93.5 Å². The highest BCUT2D eigenvalue weighted by molar-refractivity contribution is 5.78. The Morgan fingerprint density at radius 3 is 2.19 bits per heavy atom. The second-order valence-electron chi connectivity index (χ2n) is 3.35. The maximum absolute atomic E-state index is 11.3. The van der Waals surface area contributed by atoms with Crippen LogP contribution < -0.4 is 10.6 Å². The van der Waals surface area contributed by atoms with E-state index in [4.69, 9.17) is 15.3 Å². The van der Waals surface area contributed by atoms with E-state index in [9.17, 15) is 9.59 Å². The third kappa shape index (κ3) is 5.64. The van der Waals surface area contributed by atoms with Crippen LogP contribution in [0.3, 0.4) is 0 Å². The molecule has 1 amide bonds. The van der Waals surface area contributed by atoms with Crippen molar-refractivity contribution >= 4 is 11.9 Å². The molecule has 0 aromatic rings. The van der Waals surface area contributed by atoms with Gasteiger partial charge in [-0.15, -0.1) is 0 Å². The van der Waals surface area contributed by atoms with E-state index >= 15 is 0 Å². The number of carbonyl (C=O) groups excluding carboxylic acids is 1. The predicted octanol–water partition coefficient (Wildman–Crippen LogP) is -2.09. The van der Waals surface area contributed by atoms with Gasteiger partial charge in [0.25, 0.3) is 0 Å². The van der Waals surface area contributed by atoms with Crippen LogP contribution in [0.1, 0.15) is 12.8 Å². The van der Waals surface area contributed by atoms with Crippen molar-refractivity contribution in [1.82, 2.24) is 10.6 Å². The molecule has 5 N–H and O–H groups in total. The van der Waals surface area contributed by atoms with Gasteiger partial charge in [-0.1, -0.05) is 0 Å². The zero-order valence-corrected chi connectivity index (χ0v) is 9.14. The largest absolute Gasteiger partial charge is 0.480 e. The number of likely N-dealkylation sites (N-methyl/N-ethyl adjacent to an activating group) is 1. The summed E-state index contributed by atoms with van der Waals surface area (Å²) in [7, 11) is 1.50. The first kappa shape index (κ1) is 14.8. The summed E-state index contributed by atoms with van der Waals surface area (Å²) in [6, 6.07) is -1.46. The van der Waals surface area contributed by atoms with Crippen LogP contribution in [0.2, 0.25) is 0 Å². The SMILES string of the molecule is CNC(CCC(=O)NC(CO)CO)C(=O)O. The van der Waals surface area contributed by atoms with Gasteiger partial charge in [0.2, 0.25) is 5.91 Å². The normalized spacial score (nSPS) is 12.5. The van der Waals surface area contributed by atoms with Crippen LogP contribution in [-0.2, 0) is 9.59 Å². The highest BCUT2D eigenvalue weighted by atomic mass is 16.4. The van der Waals surface area contributed by atoms with Gasteiger partial charge in [0.1, 0.15) is 6.04 Å². The smallest absolute Gasteiger partial charge is 0.320 e. The summed E-state index contributed by atoms with van der Waals surface area (Å²) in [5.74, 6) is -1.41. The van der Waals surface area contributed by atoms with Gasteiger partial charge >= 0.3 is 5.97 Å². The van der Waals surface area contributed by atoms with E-state index < -0.39 is 24.0 Å². The van der Waals surface area contributed by atoms with Crippen molar-refractivity contribution in [2.45, 2.75) is 24.9 Å². The van der Waals surface area contributed by atoms with Gasteiger partial charge in [-0.05, 0) is 13.5 Å². The predicted molar refractivity (Wildman–Crippen MR) is 55.8 cm³/mol. The number of hydrogen-bond acceptors (Lipinski definition) is 5. The summed E-state index contributed by atoms with van der Waals surface area (Å²) in [4.78, 5) is 21.9. The standard InChI is InChI=1S/C9H18N2O5/c1-10-7(9(15)16)2-3-8(14)11-6(4-12)5-13/h6-7,10,12-13H,2-5H2,1H3,(H,11,14)(H,15,16). The summed E-state index contributed by atoms with van der Waals surface area (Å²) in [5, 5.41) is 31.0. The molecule has 0 spiro atoms. The van der Waals surface area contributed by atoms with Crippen molar-refractivity contribution in [3.05, 3.63) is 0 Å². The maximum atomic E-state index is 11.3. The summed E-state index contributed by atoms with van der Waals surface area (Å²) >= 11 is 0. The van der Waals surface area contributed by atoms with Crippen LogP contribution in [0.5, 0.6) is 0 Å². The lowest BCUT2D eigenvalue weighted by atomic mass is 10.1. The Kier molecular flexibility index (Phi) is 7.44. The van der Waals surface area contributed by atoms with Gasteiger partial charge in [0.15, 0.2) is 0 Å². The lowest BCUT2D eigenvalue weighted by Crippen LogP contribution is -2.41. The third-order valence-corrected chi connectivity index (χ3v) is 2.11. The van der Waals surface area contributed by atoms with Gasteiger partial charge in [-0.2, -0.15) is 0 Å². The quantitative estimate of drug-likeness (QED) is 0.328. The van der Waals surface area contributed by atoms with E-state index in [1.54, 1.807) is 0 Å². The molecule has 1 atom stereocenters.